The second-order valence-electron chi connectivity index (χ2n) is 6.28. The molecule has 1 aliphatic heterocycles. The lowest BCUT2D eigenvalue weighted by Gasteiger charge is -2.08. The minimum absolute atomic E-state index is 0.0659. The van der Waals surface area contributed by atoms with Crippen LogP contribution in [-0.2, 0) is 14.9 Å². The Morgan fingerprint density at radius 2 is 1.75 bits per heavy atom. The number of benzene rings is 2. The average molecular weight is 482 g/mol. The van der Waals surface area contributed by atoms with E-state index in [-0.39, 0.29) is 16.6 Å². The summed E-state index contributed by atoms with van der Waals surface area (Å²) in [7, 11) is -3.91. The molecule has 0 bridgehead atoms. The molecule has 1 heterocycles. The lowest BCUT2D eigenvalue weighted by atomic mass is 10.2. The van der Waals surface area contributed by atoms with Crippen LogP contribution < -0.4 is 9.50 Å². The molecule has 0 unspecified atom stereocenters. The first-order chi connectivity index (χ1) is 13.2. The smallest absolute Gasteiger partial charge is 0.339 e. The van der Waals surface area contributed by atoms with Gasteiger partial charge in [0.2, 0.25) is 5.91 Å². The number of nitrogens with one attached hydrogen (secondary N) is 1. The zero-order chi connectivity index (χ0) is 20.4. The normalized spacial score (nSPS) is 17.8. The van der Waals surface area contributed by atoms with Crippen LogP contribution in [0.1, 0.15) is 19.4 Å². The van der Waals surface area contributed by atoms with Crippen molar-refractivity contribution >= 4 is 55.1 Å². The molecule has 3 rings (SSSR count). The van der Waals surface area contributed by atoms with E-state index in [1.807, 2.05) is 0 Å². The van der Waals surface area contributed by atoms with Gasteiger partial charge in [-0.1, -0.05) is 27.7 Å². The van der Waals surface area contributed by atoms with Crippen molar-refractivity contribution in [1.29, 1.82) is 0 Å². The molecule has 1 amide bonds. The van der Waals surface area contributed by atoms with Gasteiger partial charge in [0.25, 0.3) is 0 Å². The summed E-state index contributed by atoms with van der Waals surface area (Å²) in [4.78, 5) is 11.7. The molecule has 2 aromatic carbocycles. The number of hydrogen-bond donors (Lipinski definition) is 1. The van der Waals surface area contributed by atoms with Crippen molar-refractivity contribution in [3.8, 4) is 5.75 Å². The summed E-state index contributed by atoms with van der Waals surface area (Å²) in [6.45, 7) is 3.61. The Morgan fingerprint density at radius 1 is 1.11 bits per heavy atom. The monoisotopic (exact) mass is 481 g/mol. The van der Waals surface area contributed by atoms with Gasteiger partial charge in [0.1, 0.15) is 10.6 Å². The SMILES string of the molecule is CC1(C)SC(=NN=Cc2ccc(OS(=O)(=O)c3ccc(Br)cc3)cc2)NC1=O. The van der Waals surface area contributed by atoms with Gasteiger partial charge in [0, 0.05) is 4.47 Å². The van der Waals surface area contributed by atoms with Crippen molar-refractivity contribution in [2.45, 2.75) is 23.5 Å². The number of halogens is 1. The number of carbonyl (C=O) groups excluding carboxylic acids is 1. The molecule has 2 aromatic rings. The standard InChI is InChI=1S/C18H16BrN3O4S2/c1-18(2)16(23)21-17(27-18)22-20-11-12-3-7-14(8-4-12)26-28(24,25)15-9-5-13(19)6-10-15/h3-11H,1-2H3,(H,21,22,23). The molecule has 1 aliphatic rings. The summed E-state index contributed by atoms with van der Waals surface area (Å²) >= 11 is 4.56. The maximum atomic E-state index is 12.3. The van der Waals surface area contributed by atoms with Gasteiger partial charge >= 0.3 is 10.1 Å². The van der Waals surface area contributed by atoms with Crippen LogP contribution in [0.25, 0.3) is 0 Å². The quantitative estimate of drug-likeness (QED) is 0.400. The molecule has 0 radical (unpaired) electrons. The maximum Gasteiger partial charge on any atom is 0.339 e. The van der Waals surface area contributed by atoms with E-state index in [2.05, 4.69) is 31.4 Å². The number of amidine groups is 1. The second kappa shape index (κ2) is 8.06. The van der Waals surface area contributed by atoms with Crippen LogP contribution in [0, 0.1) is 0 Å². The van der Waals surface area contributed by atoms with Gasteiger partial charge in [-0.25, -0.2) is 0 Å². The number of rotatable bonds is 5. The Labute approximate surface area is 175 Å². The van der Waals surface area contributed by atoms with Gasteiger partial charge < -0.3 is 9.50 Å². The second-order valence-corrected chi connectivity index (χ2v) is 10.4. The van der Waals surface area contributed by atoms with Crippen LogP contribution in [0.2, 0.25) is 0 Å². The summed E-state index contributed by atoms with van der Waals surface area (Å²) < 4.78 is 29.9. The fraction of sp³-hybridized carbons (Fsp3) is 0.167. The topological polar surface area (TPSA) is 97.2 Å². The minimum atomic E-state index is -3.91. The summed E-state index contributed by atoms with van der Waals surface area (Å²) in [5.74, 6) is 0.0756. The highest BCUT2D eigenvalue weighted by molar-refractivity contribution is 9.10. The van der Waals surface area contributed by atoms with E-state index >= 15 is 0 Å². The van der Waals surface area contributed by atoms with Crippen molar-refractivity contribution in [3.05, 3.63) is 58.6 Å². The van der Waals surface area contributed by atoms with E-state index in [0.29, 0.717) is 10.7 Å². The molecule has 7 nitrogen and oxygen atoms in total. The van der Waals surface area contributed by atoms with Gasteiger partial charge in [0.15, 0.2) is 5.17 Å². The van der Waals surface area contributed by atoms with Crippen LogP contribution in [0.3, 0.4) is 0 Å². The van der Waals surface area contributed by atoms with Crippen LogP contribution in [-0.4, -0.2) is 30.5 Å². The first-order valence-corrected chi connectivity index (χ1v) is 11.1. The summed E-state index contributed by atoms with van der Waals surface area (Å²) in [6.07, 6.45) is 1.50. The maximum absolute atomic E-state index is 12.3. The molecule has 28 heavy (non-hydrogen) atoms. The first kappa shape index (κ1) is 20.6. The highest BCUT2D eigenvalue weighted by atomic mass is 79.9. The molecule has 0 saturated carbocycles. The Hall–Kier alpha value is -2.17. The Morgan fingerprint density at radius 3 is 2.32 bits per heavy atom. The van der Waals surface area contributed by atoms with Crippen LogP contribution in [0.4, 0.5) is 0 Å². The Bertz CT molecular complexity index is 1050. The number of carbonyl (C=O) groups is 1. The van der Waals surface area contributed by atoms with Crippen molar-refractivity contribution in [1.82, 2.24) is 5.32 Å². The molecule has 0 aromatic heterocycles. The Kier molecular flexibility index (Phi) is 5.92. The molecule has 0 aliphatic carbocycles. The van der Waals surface area contributed by atoms with E-state index in [9.17, 15) is 13.2 Å². The zero-order valence-corrected chi connectivity index (χ0v) is 18.1. The van der Waals surface area contributed by atoms with E-state index in [1.165, 1.54) is 42.2 Å². The molecule has 146 valence electrons. The summed E-state index contributed by atoms with van der Waals surface area (Å²) in [5, 5.41) is 11.0. The highest BCUT2D eigenvalue weighted by Crippen LogP contribution is 2.30. The van der Waals surface area contributed by atoms with E-state index in [0.717, 1.165) is 4.47 Å². The van der Waals surface area contributed by atoms with E-state index < -0.39 is 14.9 Å². The molecular weight excluding hydrogens is 466 g/mol. The third-order valence-corrected chi connectivity index (χ3v) is 6.53. The molecule has 1 fully saturated rings. The van der Waals surface area contributed by atoms with Gasteiger partial charge in [-0.15, -0.1) is 5.10 Å². The van der Waals surface area contributed by atoms with E-state index in [4.69, 9.17) is 4.18 Å². The number of amides is 1. The third kappa shape index (κ3) is 5.00. The first-order valence-electron chi connectivity index (χ1n) is 8.07. The van der Waals surface area contributed by atoms with Crippen molar-refractivity contribution in [2.75, 3.05) is 0 Å². The number of nitrogens with zero attached hydrogens (tertiary/aromatic N) is 2. The largest absolute Gasteiger partial charge is 0.379 e. The van der Waals surface area contributed by atoms with Crippen molar-refractivity contribution in [2.24, 2.45) is 10.2 Å². The molecule has 0 spiro atoms. The van der Waals surface area contributed by atoms with Crippen molar-refractivity contribution in [3.63, 3.8) is 0 Å². The molecule has 0 atom stereocenters. The van der Waals surface area contributed by atoms with Crippen LogP contribution >= 0.6 is 27.7 Å². The number of thioether (sulfide) groups is 1. The van der Waals surface area contributed by atoms with Gasteiger partial charge in [-0.2, -0.15) is 13.5 Å². The number of hydrogen-bond acceptors (Lipinski definition) is 7. The molecule has 10 heteroatoms. The minimum Gasteiger partial charge on any atom is -0.379 e. The van der Waals surface area contributed by atoms with Gasteiger partial charge in [-0.05, 0) is 67.9 Å². The summed E-state index contributed by atoms with van der Waals surface area (Å²) in [5.41, 5.74) is 0.700. The lowest BCUT2D eigenvalue weighted by Crippen LogP contribution is -2.30. The fourth-order valence-electron chi connectivity index (χ4n) is 2.14. The fourth-order valence-corrected chi connectivity index (χ4v) is 4.19. The lowest BCUT2D eigenvalue weighted by molar-refractivity contribution is -0.120. The highest BCUT2D eigenvalue weighted by Gasteiger charge is 2.38. The third-order valence-electron chi connectivity index (χ3n) is 3.66. The molecule has 1 saturated heterocycles. The molecule has 1 N–H and O–H groups in total. The van der Waals surface area contributed by atoms with E-state index in [1.54, 1.807) is 38.1 Å². The van der Waals surface area contributed by atoms with Gasteiger partial charge in [-0.3, -0.25) is 4.79 Å². The van der Waals surface area contributed by atoms with Gasteiger partial charge in [0.05, 0.1) is 11.0 Å². The molecular formula is C18H16BrN3O4S2. The van der Waals surface area contributed by atoms with Crippen LogP contribution in [0.5, 0.6) is 5.75 Å². The Balaban J connectivity index is 1.65. The predicted octanol–water partition coefficient (Wildman–Crippen LogP) is 3.55. The van der Waals surface area contributed by atoms with Crippen LogP contribution in [0.15, 0.2) is 68.1 Å². The average Bonchev–Trinajstić information content (AvgIpc) is 2.88. The van der Waals surface area contributed by atoms with Crippen molar-refractivity contribution < 1.29 is 17.4 Å². The zero-order valence-electron chi connectivity index (χ0n) is 14.9. The summed E-state index contributed by atoms with van der Waals surface area (Å²) in [6, 6.07) is 12.5. The predicted molar refractivity (Wildman–Crippen MR) is 113 cm³/mol.